The van der Waals surface area contributed by atoms with Crippen LogP contribution in [0.5, 0.6) is 0 Å². The summed E-state index contributed by atoms with van der Waals surface area (Å²) in [5.74, 6) is -0.945. The number of hydrogen-bond acceptors (Lipinski definition) is 5. The van der Waals surface area contributed by atoms with E-state index in [9.17, 15) is 14.0 Å². The number of amidine groups is 1. The summed E-state index contributed by atoms with van der Waals surface area (Å²) < 4.78 is 18.1. The average molecular weight is 337 g/mol. The number of ether oxygens (including phenoxy) is 1. The van der Waals surface area contributed by atoms with E-state index in [0.717, 1.165) is 0 Å². The second-order valence-corrected chi connectivity index (χ2v) is 6.37. The number of nitrogens with zero attached hydrogens (tertiary/aromatic N) is 2. The first kappa shape index (κ1) is 15.9. The maximum Gasteiger partial charge on any atom is 0.262 e. The smallest absolute Gasteiger partial charge is 0.262 e. The third-order valence-corrected chi connectivity index (χ3v) is 4.72. The Hall–Kier alpha value is -1.93. The van der Waals surface area contributed by atoms with Crippen molar-refractivity contribution in [3.63, 3.8) is 0 Å². The maximum atomic E-state index is 12.8. The third kappa shape index (κ3) is 4.08. The average Bonchev–Trinajstić information content (AvgIpc) is 2.91. The standard InChI is InChI=1S/C15H16FN3O3S/c16-10-1-3-11(4-2-10)17-13(20)9-12-14(21)18-15(23-12)19-5-7-22-8-6-19/h1-4,12H,5-9H2,(H,17,20)/t12-/m1/s1. The molecule has 0 spiro atoms. The minimum Gasteiger partial charge on any atom is -0.378 e. The summed E-state index contributed by atoms with van der Waals surface area (Å²) in [6.45, 7) is 2.63. The van der Waals surface area contributed by atoms with Crippen molar-refractivity contribution in [2.75, 3.05) is 31.6 Å². The Labute approximate surface area is 137 Å². The van der Waals surface area contributed by atoms with Crippen molar-refractivity contribution >= 4 is 34.4 Å². The maximum absolute atomic E-state index is 12.8. The van der Waals surface area contributed by atoms with E-state index in [1.165, 1.54) is 36.0 Å². The number of anilines is 1. The highest BCUT2D eigenvalue weighted by molar-refractivity contribution is 8.15. The summed E-state index contributed by atoms with van der Waals surface area (Å²) in [7, 11) is 0. The van der Waals surface area contributed by atoms with Crippen molar-refractivity contribution < 1.29 is 18.7 Å². The summed E-state index contributed by atoms with van der Waals surface area (Å²) >= 11 is 1.32. The molecule has 2 aliphatic heterocycles. The molecule has 6 nitrogen and oxygen atoms in total. The van der Waals surface area contributed by atoms with Gasteiger partial charge in [0.25, 0.3) is 5.91 Å². The number of nitrogens with one attached hydrogen (secondary N) is 1. The lowest BCUT2D eigenvalue weighted by Gasteiger charge is -2.27. The zero-order valence-electron chi connectivity index (χ0n) is 12.3. The second-order valence-electron chi connectivity index (χ2n) is 5.20. The Kier molecular flexibility index (Phi) is 4.92. The van der Waals surface area contributed by atoms with E-state index in [0.29, 0.717) is 37.2 Å². The van der Waals surface area contributed by atoms with Crippen LogP contribution in [0.15, 0.2) is 29.3 Å². The van der Waals surface area contributed by atoms with Crippen LogP contribution in [0.25, 0.3) is 0 Å². The Morgan fingerprint density at radius 3 is 2.74 bits per heavy atom. The van der Waals surface area contributed by atoms with E-state index in [-0.39, 0.29) is 24.1 Å². The van der Waals surface area contributed by atoms with E-state index >= 15 is 0 Å². The highest BCUT2D eigenvalue weighted by Gasteiger charge is 2.33. The van der Waals surface area contributed by atoms with Gasteiger partial charge in [0.1, 0.15) is 11.1 Å². The Morgan fingerprint density at radius 1 is 1.35 bits per heavy atom. The molecule has 1 aromatic rings. The third-order valence-electron chi connectivity index (χ3n) is 3.51. The number of thioether (sulfide) groups is 1. The van der Waals surface area contributed by atoms with Crippen LogP contribution < -0.4 is 5.32 Å². The molecule has 1 atom stereocenters. The molecular formula is C15H16FN3O3S. The quantitative estimate of drug-likeness (QED) is 0.905. The number of carbonyl (C=O) groups is 2. The van der Waals surface area contributed by atoms with Crippen molar-refractivity contribution in [3.05, 3.63) is 30.1 Å². The lowest BCUT2D eigenvalue weighted by atomic mass is 10.2. The number of amides is 2. The number of hydrogen-bond donors (Lipinski definition) is 1. The molecule has 0 radical (unpaired) electrons. The van der Waals surface area contributed by atoms with Crippen LogP contribution in [0.4, 0.5) is 10.1 Å². The van der Waals surface area contributed by atoms with Gasteiger partial charge in [0.05, 0.1) is 13.2 Å². The molecule has 0 saturated carbocycles. The zero-order valence-corrected chi connectivity index (χ0v) is 13.1. The number of rotatable bonds is 3. The molecule has 0 bridgehead atoms. The van der Waals surface area contributed by atoms with E-state index in [4.69, 9.17) is 4.74 Å². The number of morpholine rings is 1. The van der Waals surface area contributed by atoms with Gasteiger partial charge in [-0.25, -0.2) is 4.39 Å². The first-order valence-electron chi connectivity index (χ1n) is 7.29. The number of halogens is 1. The fourth-order valence-corrected chi connectivity index (χ4v) is 3.43. The molecule has 2 amide bonds. The van der Waals surface area contributed by atoms with Crippen molar-refractivity contribution in [2.45, 2.75) is 11.7 Å². The van der Waals surface area contributed by atoms with Crippen molar-refractivity contribution in [1.29, 1.82) is 0 Å². The fourth-order valence-electron chi connectivity index (χ4n) is 2.31. The molecular weight excluding hydrogens is 321 g/mol. The predicted octanol–water partition coefficient (Wildman–Crippen LogP) is 1.48. The van der Waals surface area contributed by atoms with Gasteiger partial charge < -0.3 is 15.0 Å². The Bertz CT molecular complexity index is 629. The fraction of sp³-hybridized carbons (Fsp3) is 0.400. The van der Waals surface area contributed by atoms with E-state index < -0.39 is 5.25 Å². The topological polar surface area (TPSA) is 71.0 Å². The molecule has 1 saturated heterocycles. The molecule has 0 aromatic heterocycles. The van der Waals surface area contributed by atoms with Crippen LogP contribution in [0.3, 0.4) is 0 Å². The van der Waals surface area contributed by atoms with Crippen LogP contribution in [-0.4, -0.2) is 53.4 Å². The molecule has 122 valence electrons. The molecule has 23 heavy (non-hydrogen) atoms. The first-order chi connectivity index (χ1) is 11.1. The Balaban J connectivity index is 1.53. The highest BCUT2D eigenvalue weighted by atomic mass is 32.2. The summed E-state index contributed by atoms with van der Waals surface area (Å²) in [6, 6.07) is 5.49. The molecule has 3 rings (SSSR count). The van der Waals surface area contributed by atoms with Crippen LogP contribution in [-0.2, 0) is 14.3 Å². The molecule has 2 heterocycles. The Morgan fingerprint density at radius 2 is 2.04 bits per heavy atom. The molecule has 2 aliphatic rings. The second kappa shape index (κ2) is 7.10. The summed E-state index contributed by atoms with van der Waals surface area (Å²) in [5.41, 5.74) is 0.501. The largest absolute Gasteiger partial charge is 0.378 e. The van der Waals surface area contributed by atoms with Gasteiger partial charge in [-0.1, -0.05) is 11.8 Å². The minimum atomic E-state index is -0.506. The van der Waals surface area contributed by atoms with Gasteiger partial charge >= 0.3 is 0 Å². The molecule has 0 unspecified atom stereocenters. The van der Waals surface area contributed by atoms with Crippen molar-refractivity contribution in [3.8, 4) is 0 Å². The van der Waals surface area contributed by atoms with Gasteiger partial charge in [-0.05, 0) is 24.3 Å². The normalized spacial score (nSPS) is 21.3. The van der Waals surface area contributed by atoms with Crippen LogP contribution in [0.2, 0.25) is 0 Å². The summed E-state index contributed by atoms with van der Waals surface area (Å²) in [5, 5.41) is 2.81. The number of carbonyl (C=O) groups excluding carboxylic acids is 2. The van der Waals surface area contributed by atoms with Gasteiger partial charge in [-0.3, -0.25) is 9.59 Å². The van der Waals surface area contributed by atoms with E-state index in [1.807, 2.05) is 4.90 Å². The molecule has 1 aromatic carbocycles. The van der Waals surface area contributed by atoms with Crippen molar-refractivity contribution in [2.24, 2.45) is 4.99 Å². The monoisotopic (exact) mass is 337 g/mol. The van der Waals surface area contributed by atoms with E-state index in [2.05, 4.69) is 10.3 Å². The van der Waals surface area contributed by atoms with Crippen LogP contribution in [0, 0.1) is 5.82 Å². The predicted molar refractivity (Wildman–Crippen MR) is 85.9 cm³/mol. The van der Waals surface area contributed by atoms with Gasteiger partial charge in [0, 0.05) is 25.2 Å². The van der Waals surface area contributed by atoms with Gasteiger partial charge in [-0.15, -0.1) is 0 Å². The zero-order chi connectivity index (χ0) is 16.2. The van der Waals surface area contributed by atoms with Gasteiger partial charge in [-0.2, -0.15) is 4.99 Å². The lowest BCUT2D eigenvalue weighted by molar-refractivity contribution is -0.121. The molecule has 1 fully saturated rings. The minimum absolute atomic E-state index is 0.0399. The number of aliphatic imine (C=N–C) groups is 1. The first-order valence-corrected chi connectivity index (χ1v) is 8.17. The molecule has 1 N–H and O–H groups in total. The van der Waals surface area contributed by atoms with Crippen molar-refractivity contribution in [1.82, 2.24) is 4.90 Å². The number of benzene rings is 1. The summed E-state index contributed by atoms with van der Waals surface area (Å²) in [4.78, 5) is 30.0. The van der Waals surface area contributed by atoms with Crippen LogP contribution >= 0.6 is 11.8 Å². The lowest BCUT2D eigenvalue weighted by Crippen LogP contribution is -2.39. The molecule has 0 aliphatic carbocycles. The highest BCUT2D eigenvalue weighted by Crippen LogP contribution is 2.28. The molecule has 8 heteroatoms. The summed E-state index contributed by atoms with van der Waals surface area (Å²) in [6.07, 6.45) is 0.0399. The van der Waals surface area contributed by atoms with Gasteiger partial charge in [0.15, 0.2) is 5.17 Å². The van der Waals surface area contributed by atoms with Gasteiger partial charge in [0.2, 0.25) is 5.91 Å². The van der Waals surface area contributed by atoms with Crippen LogP contribution in [0.1, 0.15) is 6.42 Å². The van der Waals surface area contributed by atoms with E-state index in [1.54, 1.807) is 0 Å². The SMILES string of the molecule is O=C(C[C@H]1SC(N2CCOCC2)=NC1=O)Nc1ccc(F)cc1.